The molecule has 1 aromatic carbocycles. The molecule has 0 aliphatic carbocycles. The van der Waals surface area contributed by atoms with E-state index in [1.54, 1.807) is 13.0 Å². The van der Waals surface area contributed by atoms with E-state index in [2.05, 4.69) is 10.2 Å². The van der Waals surface area contributed by atoms with E-state index >= 15 is 0 Å². The third-order valence-corrected chi connectivity index (χ3v) is 5.67. The molecule has 0 unspecified atom stereocenters. The van der Waals surface area contributed by atoms with E-state index in [9.17, 15) is 9.59 Å². The third-order valence-electron chi connectivity index (χ3n) is 4.45. The number of morpholine rings is 1. The summed E-state index contributed by atoms with van der Waals surface area (Å²) in [7, 11) is 0. The van der Waals surface area contributed by atoms with Crippen LogP contribution in [0.5, 0.6) is 0 Å². The molecule has 1 aliphatic heterocycles. The summed E-state index contributed by atoms with van der Waals surface area (Å²) >= 11 is 7.61. The fraction of sp³-hybridized carbons (Fsp3) is 0.400. The fourth-order valence-electron chi connectivity index (χ4n) is 3.01. The molecule has 0 atom stereocenters. The first-order valence-electron chi connectivity index (χ1n) is 9.23. The van der Waals surface area contributed by atoms with Gasteiger partial charge in [0.05, 0.1) is 19.8 Å². The number of nitrogens with zero attached hydrogens (tertiary/aromatic N) is 1. The van der Waals surface area contributed by atoms with Crippen LogP contribution in [0.25, 0.3) is 11.1 Å². The van der Waals surface area contributed by atoms with Crippen LogP contribution < -0.4 is 5.32 Å². The molecule has 6 nitrogen and oxygen atoms in total. The quantitative estimate of drug-likeness (QED) is 0.685. The molecular formula is C20H23ClN2O4S. The van der Waals surface area contributed by atoms with Crippen molar-refractivity contribution >= 4 is 39.8 Å². The highest BCUT2D eigenvalue weighted by Gasteiger charge is 2.24. The number of thiophene rings is 1. The van der Waals surface area contributed by atoms with Gasteiger partial charge in [-0.3, -0.25) is 9.69 Å². The van der Waals surface area contributed by atoms with Crippen molar-refractivity contribution in [3.63, 3.8) is 0 Å². The number of hydrogen-bond acceptors (Lipinski definition) is 6. The molecular weight excluding hydrogens is 400 g/mol. The third kappa shape index (κ3) is 5.11. The van der Waals surface area contributed by atoms with E-state index < -0.39 is 5.97 Å². The van der Waals surface area contributed by atoms with Gasteiger partial charge in [0.2, 0.25) is 5.91 Å². The largest absolute Gasteiger partial charge is 0.462 e. The second-order valence-corrected chi connectivity index (χ2v) is 7.59. The fourth-order valence-corrected chi connectivity index (χ4v) is 4.21. The predicted octanol–water partition coefficient (Wildman–Crippen LogP) is 3.91. The Morgan fingerprint density at radius 2 is 2.00 bits per heavy atom. The number of anilines is 1. The van der Waals surface area contributed by atoms with Crippen LogP contribution in [0.4, 0.5) is 5.00 Å². The number of nitrogens with one attached hydrogen (secondary N) is 1. The molecule has 0 saturated carbocycles. The molecule has 0 spiro atoms. The highest BCUT2D eigenvalue weighted by molar-refractivity contribution is 7.15. The Kier molecular flexibility index (Phi) is 7.44. The van der Waals surface area contributed by atoms with Crippen LogP contribution in [-0.4, -0.2) is 56.2 Å². The van der Waals surface area contributed by atoms with E-state index in [-0.39, 0.29) is 12.5 Å². The number of amides is 1. The average Bonchev–Trinajstić information content (AvgIpc) is 3.11. The van der Waals surface area contributed by atoms with Crippen molar-refractivity contribution in [1.29, 1.82) is 0 Å². The van der Waals surface area contributed by atoms with Crippen LogP contribution in [0.1, 0.15) is 23.7 Å². The van der Waals surface area contributed by atoms with Crippen molar-refractivity contribution < 1.29 is 19.1 Å². The number of ether oxygens (including phenoxy) is 2. The van der Waals surface area contributed by atoms with Crippen molar-refractivity contribution in [1.82, 2.24) is 4.90 Å². The maximum Gasteiger partial charge on any atom is 0.341 e. The smallest absolute Gasteiger partial charge is 0.341 e. The molecule has 0 radical (unpaired) electrons. The lowest BCUT2D eigenvalue weighted by Gasteiger charge is -2.26. The van der Waals surface area contributed by atoms with E-state index in [0.29, 0.717) is 47.3 Å². The Morgan fingerprint density at radius 1 is 1.25 bits per heavy atom. The number of rotatable bonds is 7. The molecule has 1 aliphatic rings. The van der Waals surface area contributed by atoms with Gasteiger partial charge in [-0.1, -0.05) is 29.8 Å². The number of halogens is 1. The standard InChI is InChI=1S/C20H23ClN2O4S/c1-2-27-20(25)18-15(14-5-3-4-6-16(14)21)13-28-19(18)22-17(24)7-8-23-9-11-26-12-10-23/h3-6,13H,2,7-12H2,1H3,(H,22,24). The van der Waals surface area contributed by atoms with Crippen LogP contribution in [0.15, 0.2) is 29.6 Å². The van der Waals surface area contributed by atoms with Gasteiger partial charge in [0, 0.05) is 47.6 Å². The van der Waals surface area contributed by atoms with E-state index in [1.165, 1.54) is 11.3 Å². The van der Waals surface area contributed by atoms with Gasteiger partial charge in [0.15, 0.2) is 0 Å². The highest BCUT2D eigenvalue weighted by atomic mass is 35.5. The molecule has 1 fully saturated rings. The van der Waals surface area contributed by atoms with Gasteiger partial charge >= 0.3 is 5.97 Å². The first kappa shape index (κ1) is 20.8. The summed E-state index contributed by atoms with van der Waals surface area (Å²) in [6.45, 7) is 5.71. The Bertz CT molecular complexity index is 833. The molecule has 150 valence electrons. The number of hydrogen-bond donors (Lipinski definition) is 1. The van der Waals surface area contributed by atoms with E-state index in [0.717, 1.165) is 18.7 Å². The minimum atomic E-state index is -0.470. The van der Waals surface area contributed by atoms with E-state index in [4.69, 9.17) is 21.1 Å². The highest BCUT2D eigenvalue weighted by Crippen LogP contribution is 2.39. The molecule has 8 heteroatoms. The normalized spacial score (nSPS) is 14.6. The molecule has 1 amide bonds. The van der Waals surface area contributed by atoms with Crippen LogP contribution in [0.3, 0.4) is 0 Å². The zero-order valence-corrected chi connectivity index (χ0v) is 17.3. The number of carbonyl (C=O) groups excluding carboxylic acids is 2. The lowest BCUT2D eigenvalue weighted by molar-refractivity contribution is -0.116. The number of esters is 1. The van der Waals surface area contributed by atoms with Gasteiger partial charge < -0.3 is 14.8 Å². The summed E-state index contributed by atoms with van der Waals surface area (Å²) in [6, 6.07) is 7.30. The average molecular weight is 423 g/mol. The predicted molar refractivity (Wildman–Crippen MR) is 111 cm³/mol. The number of carbonyl (C=O) groups is 2. The summed E-state index contributed by atoms with van der Waals surface area (Å²) in [6.07, 6.45) is 0.349. The van der Waals surface area contributed by atoms with Crippen LogP contribution >= 0.6 is 22.9 Å². The Hall–Kier alpha value is -1.93. The monoisotopic (exact) mass is 422 g/mol. The molecule has 1 N–H and O–H groups in total. The first-order chi connectivity index (χ1) is 13.6. The Balaban J connectivity index is 1.77. The Labute approximate surface area is 173 Å². The van der Waals surface area contributed by atoms with E-state index in [1.807, 2.05) is 23.6 Å². The van der Waals surface area contributed by atoms with Gasteiger partial charge in [-0.2, -0.15) is 0 Å². The molecule has 2 heterocycles. The zero-order chi connectivity index (χ0) is 19.9. The van der Waals surface area contributed by atoms with Crippen molar-refractivity contribution in [2.24, 2.45) is 0 Å². The summed E-state index contributed by atoms with van der Waals surface area (Å²) in [4.78, 5) is 27.2. The van der Waals surface area contributed by atoms with Crippen LogP contribution in [-0.2, 0) is 14.3 Å². The minimum absolute atomic E-state index is 0.135. The Morgan fingerprint density at radius 3 is 2.71 bits per heavy atom. The van der Waals surface area contributed by atoms with Crippen molar-refractivity contribution in [3.8, 4) is 11.1 Å². The van der Waals surface area contributed by atoms with Gasteiger partial charge in [-0.15, -0.1) is 11.3 Å². The summed E-state index contributed by atoms with van der Waals surface area (Å²) in [5, 5.41) is 5.73. The van der Waals surface area contributed by atoms with Crippen LogP contribution in [0, 0.1) is 0 Å². The molecule has 1 saturated heterocycles. The van der Waals surface area contributed by atoms with Gasteiger partial charge in [0.1, 0.15) is 10.6 Å². The molecule has 2 aromatic rings. The molecule has 1 aromatic heterocycles. The van der Waals surface area contributed by atoms with Gasteiger partial charge in [-0.25, -0.2) is 4.79 Å². The SMILES string of the molecule is CCOC(=O)c1c(-c2ccccc2Cl)csc1NC(=O)CCN1CCOCC1. The lowest BCUT2D eigenvalue weighted by atomic mass is 10.0. The second kappa shape index (κ2) is 10.0. The van der Waals surface area contributed by atoms with Crippen LogP contribution in [0.2, 0.25) is 5.02 Å². The molecule has 3 rings (SSSR count). The lowest BCUT2D eigenvalue weighted by Crippen LogP contribution is -2.38. The van der Waals surface area contributed by atoms with Crippen molar-refractivity contribution in [2.75, 3.05) is 44.8 Å². The molecule has 28 heavy (non-hydrogen) atoms. The summed E-state index contributed by atoms with van der Waals surface area (Å²) in [5.41, 5.74) is 1.74. The topological polar surface area (TPSA) is 67.9 Å². The zero-order valence-electron chi connectivity index (χ0n) is 15.7. The minimum Gasteiger partial charge on any atom is -0.462 e. The first-order valence-corrected chi connectivity index (χ1v) is 10.5. The van der Waals surface area contributed by atoms with Crippen molar-refractivity contribution in [3.05, 3.63) is 40.2 Å². The number of benzene rings is 1. The second-order valence-electron chi connectivity index (χ2n) is 6.31. The summed E-state index contributed by atoms with van der Waals surface area (Å²) in [5.74, 6) is -0.605. The van der Waals surface area contributed by atoms with Gasteiger partial charge in [-0.05, 0) is 13.0 Å². The maximum absolute atomic E-state index is 12.6. The molecule has 0 bridgehead atoms. The van der Waals surface area contributed by atoms with Gasteiger partial charge in [0.25, 0.3) is 0 Å². The van der Waals surface area contributed by atoms with Crippen molar-refractivity contribution in [2.45, 2.75) is 13.3 Å². The maximum atomic E-state index is 12.6. The summed E-state index contributed by atoms with van der Waals surface area (Å²) < 4.78 is 10.5.